The average molecular weight is 172 g/mol. The second-order valence-electron chi connectivity index (χ2n) is 2.61. The maximum Gasteiger partial charge on any atom is 0.396 e. The van der Waals surface area contributed by atoms with Crippen molar-refractivity contribution in [2.24, 2.45) is 0 Å². The van der Waals surface area contributed by atoms with Gasteiger partial charge in [0.05, 0.1) is 13.3 Å². The Morgan fingerprint density at radius 1 is 1.58 bits per heavy atom. The molecule has 0 spiro atoms. The van der Waals surface area contributed by atoms with E-state index in [9.17, 15) is 9.59 Å². The summed E-state index contributed by atoms with van der Waals surface area (Å²) < 4.78 is 4.24. The Morgan fingerprint density at radius 3 is 2.83 bits per heavy atom. The van der Waals surface area contributed by atoms with Crippen LogP contribution in [0.1, 0.15) is 12.8 Å². The first kappa shape index (κ1) is 8.99. The third-order valence-corrected chi connectivity index (χ3v) is 1.74. The Bertz CT molecular complexity index is 187. The van der Waals surface area contributed by atoms with Crippen molar-refractivity contribution in [3.63, 3.8) is 0 Å². The lowest BCUT2D eigenvalue weighted by molar-refractivity contribution is -0.153. The van der Waals surface area contributed by atoms with Gasteiger partial charge in [-0.2, -0.15) is 0 Å². The molecule has 2 N–H and O–H groups in total. The van der Waals surface area contributed by atoms with Gasteiger partial charge in [-0.3, -0.25) is 10.1 Å². The number of rotatable bonds is 1. The van der Waals surface area contributed by atoms with Crippen LogP contribution in [-0.4, -0.2) is 31.7 Å². The minimum absolute atomic E-state index is 0.0726. The van der Waals surface area contributed by atoms with E-state index in [2.05, 4.69) is 15.4 Å². The zero-order valence-electron chi connectivity index (χ0n) is 6.92. The fourth-order valence-corrected chi connectivity index (χ4v) is 1.12. The molecule has 68 valence electrons. The van der Waals surface area contributed by atoms with Crippen molar-refractivity contribution in [1.82, 2.24) is 10.6 Å². The summed E-state index contributed by atoms with van der Waals surface area (Å²) in [5.41, 5.74) is 0. The Kier molecular flexibility index (Phi) is 3.04. The van der Waals surface area contributed by atoms with E-state index in [1.165, 1.54) is 7.11 Å². The molecule has 1 unspecified atom stereocenters. The molecule has 1 heterocycles. The number of nitrogens with one attached hydrogen (secondary N) is 2. The van der Waals surface area contributed by atoms with E-state index in [0.29, 0.717) is 0 Å². The van der Waals surface area contributed by atoms with Crippen LogP contribution in [0.5, 0.6) is 0 Å². The van der Waals surface area contributed by atoms with Gasteiger partial charge in [0.1, 0.15) is 0 Å². The third-order valence-electron chi connectivity index (χ3n) is 1.74. The number of amides is 1. The summed E-state index contributed by atoms with van der Waals surface area (Å²) >= 11 is 0. The summed E-state index contributed by atoms with van der Waals surface area (Å²) in [4.78, 5) is 21.5. The van der Waals surface area contributed by atoms with Gasteiger partial charge in [-0.05, 0) is 19.4 Å². The number of carbonyl (C=O) groups excluding carboxylic acids is 2. The van der Waals surface area contributed by atoms with Gasteiger partial charge in [0.2, 0.25) is 0 Å². The topological polar surface area (TPSA) is 67.4 Å². The quantitative estimate of drug-likeness (QED) is 0.392. The molecule has 1 saturated heterocycles. The van der Waals surface area contributed by atoms with Crippen molar-refractivity contribution < 1.29 is 14.3 Å². The Hall–Kier alpha value is -1.10. The highest BCUT2D eigenvalue weighted by Gasteiger charge is 2.20. The average Bonchev–Trinajstić information content (AvgIpc) is 2.55. The fourth-order valence-electron chi connectivity index (χ4n) is 1.12. The molecule has 0 aromatic rings. The predicted molar refractivity (Wildman–Crippen MR) is 41.2 cm³/mol. The Morgan fingerprint density at radius 2 is 2.33 bits per heavy atom. The van der Waals surface area contributed by atoms with Crippen molar-refractivity contribution in [2.75, 3.05) is 13.7 Å². The van der Waals surface area contributed by atoms with Crippen LogP contribution >= 0.6 is 0 Å². The van der Waals surface area contributed by atoms with E-state index >= 15 is 0 Å². The molecule has 1 amide bonds. The highest BCUT2D eigenvalue weighted by Crippen LogP contribution is 2.00. The van der Waals surface area contributed by atoms with Gasteiger partial charge >= 0.3 is 11.9 Å². The van der Waals surface area contributed by atoms with Crippen LogP contribution in [0.3, 0.4) is 0 Å². The van der Waals surface area contributed by atoms with Crippen LogP contribution in [0, 0.1) is 0 Å². The summed E-state index contributed by atoms with van der Waals surface area (Å²) in [6.07, 6.45) is 1.81. The van der Waals surface area contributed by atoms with Crippen LogP contribution in [-0.2, 0) is 14.3 Å². The first-order valence-electron chi connectivity index (χ1n) is 3.86. The third kappa shape index (κ3) is 2.20. The highest BCUT2D eigenvalue weighted by atomic mass is 16.5. The van der Waals surface area contributed by atoms with Crippen LogP contribution in [0.15, 0.2) is 0 Å². The standard InChI is InChI=1S/C7H12N2O3/c1-12-7(11)6(10)9-5-3-2-4-8-5/h5,8H,2-4H2,1H3,(H,9,10). The first-order chi connectivity index (χ1) is 5.74. The number of hydrogen-bond acceptors (Lipinski definition) is 4. The molecular weight excluding hydrogens is 160 g/mol. The van der Waals surface area contributed by atoms with Gasteiger partial charge in [-0.15, -0.1) is 0 Å². The molecule has 12 heavy (non-hydrogen) atoms. The molecule has 1 aliphatic heterocycles. The molecule has 0 aromatic heterocycles. The Balaban J connectivity index is 2.29. The normalized spacial score (nSPS) is 21.9. The molecule has 0 radical (unpaired) electrons. The number of methoxy groups -OCH3 is 1. The van der Waals surface area contributed by atoms with Gasteiger partial charge in [0.25, 0.3) is 0 Å². The minimum atomic E-state index is -0.844. The lowest BCUT2D eigenvalue weighted by Gasteiger charge is -2.10. The highest BCUT2D eigenvalue weighted by molar-refractivity contribution is 6.32. The van der Waals surface area contributed by atoms with Crippen molar-refractivity contribution in [3.8, 4) is 0 Å². The zero-order valence-corrected chi connectivity index (χ0v) is 6.92. The number of hydrogen-bond donors (Lipinski definition) is 2. The Labute approximate surface area is 70.5 Å². The maximum atomic E-state index is 10.9. The van der Waals surface area contributed by atoms with Crippen molar-refractivity contribution >= 4 is 11.9 Å². The van der Waals surface area contributed by atoms with Gasteiger partial charge in [-0.1, -0.05) is 0 Å². The summed E-state index contributed by atoms with van der Waals surface area (Å²) in [6.45, 7) is 0.881. The first-order valence-corrected chi connectivity index (χ1v) is 3.86. The summed E-state index contributed by atoms with van der Waals surface area (Å²) in [6, 6.07) is 0. The monoisotopic (exact) mass is 172 g/mol. The minimum Gasteiger partial charge on any atom is -0.462 e. The van der Waals surface area contributed by atoms with E-state index < -0.39 is 11.9 Å². The lowest BCUT2D eigenvalue weighted by atomic mass is 10.3. The van der Waals surface area contributed by atoms with E-state index in [0.717, 1.165) is 19.4 Å². The van der Waals surface area contributed by atoms with Crippen molar-refractivity contribution in [1.29, 1.82) is 0 Å². The number of ether oxygens (including phenoxy) is 1. The van der Waals surface area contributed by atoms with E-state index in [1.54, 1.807) is 0 Å². The molecule has 0 saturated carbocycles. The number of carbonyl (C=O) groups is 2. The molecular formula is C7H12N2O3. The van der Waals surface area contributed by atoms with E-state index in [1.807, 2.05) is 0 Å². The van der Waals surface area contributed by atoms with Crippen LogP contribution in [0.2, 0.25) is 0 Å². The SMILES string of the molecule is COC(=O)C(=O)NC1CCCN1. The predicted octanol–water partition coefficient (Wildman–Crippen LogP) is -1.01. The summed E-state index contributed by atoms with van der Waals surface area (Å²) in [7, 11) is 1.18. The number of esters is 1. The molecule has 5 heteroatoms. The molecule has 1 rings (SSSR count). The smallest absolute Gasteiger partial charge is 0.396 e. The second-order valence-corrected chi connectivity index (χ2v) is 2.61. The van der Waals surface area contributed by atoms with Crippen LogP contribution < -0.4 is 10.6 Å². The van der Waals surface area contributed by atoms with Gasteiger partial charge in [0.15, 0.2) is 0 Å². The van der Waals surface area contributed by atoms with Crippen molar-refractivity contribution in [3.05, 3.63) is 0 Å². The summed E-state index contributed by atoms with van der Waals surface area (Å²) in [5.74, 6) is -1.53. The van der Waals surface area contributed by atoms with Crippen molar-refractivity contribution in [2.45, 2.75) is 19.0 Å². The lowest BCUT2D eigenvalue weighted by Crippen LogP contribution is -2.44. The summed E-state index contributed by atoms with van der Waals surface area (Å²) in [5, 5.41) is 5.53. The molecule has 1 atom stereocenters. The largest absolute Gasteiger partial charge is 0.462 e. The second kappa shape index (κ2) is 4.06. The zero-order chi connectivity index (χ0) is 8.97. The maximum absolute atomic E-state index is 10.9. The van der Waals surface area contributed by atoms with Gasteiger partial charge in [0, 0.05) is 0 Å². The van der Waals surface area contributed by atoms with E-state index in [4.69, 9.17) is 0 Å². The van der Waals surface area contributed by atoms with Gasteiger partial charge < -0.3 is 10.1 Å². The van der Waals surface area contributed by atoms with E-state index in [-0.39, 0.29) is 6.17 Å². The van der Waals surface area contributed by atoms with Gasteiger partial charge in [-0.25, -0.2) is 4.79 Å². The molecule has 1 aliphatic rings. The molecule has 1 fully saturated rings. The molecule has 5 nitrogen and oxygen atoms in total. The molecule has 0 aliphatic carbocycles. The van der Waals surface area contributed by atoms with Crippen LogP contribution in [0.4, 0.5) is 0 Å². The molecule has 0 bridgehead atoms. The molecule has 0 aromatic carbocycles. The van der Waals surface area contributed by atoms with Crippen LogP contribution in [0.25, 0.3) is 0 Å². The fraction of sp³-hybridized carbons (Fsp3) is 0.714.